The van der Waals surface area contributed by atoms with Gasteiger partial charge in [0, 0.05) is 37.0 Å². The number of hydrogen-bond donors (Lipinski definition) is 1. The first-order valence-electron chi connectivity index (χ1n) is 7.68. The number of nitro benzene ring substituents is 1. The number of nitro groups is 1. The standard InChI is InChI=1S/C17H19N3O5/c1-11(2)25-15-6-5-14(20(23)24)8-13(15)10-19-9-12(17(22)18-3)4-7-16(19)21/h4-9,11H,10H2,1-3H3,(H,18,22). The highest BCUT2D eigenvalue weighted by atomic mass is 16.6. The van der Waals surface area contributed by atoms with Crippen LogP contribution in [0.1, 0.15) is 29.8 Å². The first kappa shape index (κ1) is 18.2. The van der Waals surface area contributed by atoms with Gasteiger partial charge in [0.15, 0.2) is 0 Å². The number of nitrogens with zero attached hydrogens (tertiary/aromatic N) is 2. The van der Waals surface area contributed by atoms with E-state index in [2.05, 4.69) is 5.32 Å². The maximum atomic E-state index is 12.1. The van der Waals surface area contributed by atoms with Crippen molar-refractivity contribution in [1.82, 2.24) is 9.88 Å². The molecule has 1 amide bonds. The van der Waals surface area contributed by atoms with Crippen molar-refractivity contribution in [1.29, 1.82) is 0 Å². The zero-order chi connectivity index (χ0) is 18.6. The summed E-state index contributed by atoms with van der Waals surface area (Å²) in [5, 5.41) is 13.5. The number of hydrogen-bond acceptors (Lipinski definition) is 5. The molecule has 8 heteroatoms. The molecular weight excluding hydrogens is 326 g/mol. The van der Waals surface area contributed by atoms with Gasteiger partial charge in [-0.15, -0.1) is 0 Å². The number of non-ortho nitro benzene ring substituents is 1. The van der Waals surface area contributed by atoms with Gasteiger partial charge in [-0.2, -0.15) is 0 Å². The predicted octanol–water partition coefficient (Wildman–Crippen LogP) is 1.95. The number of nitrogens with one attached hydrogen (secondary N) is 1. The summed E-state index contributed by atoms with van der Waals surface area (Å²) in [6.07, 6.45) is 1.29. The summed E-state index contributed by atoms with van der Waals surface area (Å²) in [6.45, 7) is 3.72. The average molecular weight is 345 g/mol. The second-order valence-corrected chi connectivity index (χ2v) is 5.68. The van der Waals surface area contributed by atoms with Gasteiger partial charge in [-0.1, -0.05) is 0 Å². The van der Waals surface area contributed by atoms with Crippen LogP contribution in [-0.2, 0) is 6.54 Å². The highest BCUT2D eigenvalue weighted by Crippen LogP contribution is 2.25. The molecule has 8 nitrogen and oxygen atoms in total. The van der Waals surface area contributed by atoms with Crippen molar-refractivity contribution >= 4 is 11.6 Å². The zero-order valence-electron chi connectivity index (χ0n) is 14.2. The van der Waals surface area contributed by atoms with Crippen molar-refractivity contribution in [2.45, 2.75) is 26.5 Å². The third-order valence-corrected chi connectivity index (χ3v) is 3.43. The number of carbonyl (C=O) groups is 1. The van der Waals surface area contributed by atoms with Crippen LogP contribution in [0.25, 0.3) is 0 Å². The molecule has 1 aromatic heterocycles. The number of benzene rings is 1. The van der Waals surface area contributed by atoms with Gasteiger partial charge in [-0.3, -0.25) is 19.7 Å². The molecule has 132 valence electrons. The Morgan fingerprint density at radius 3 is 2.64 bits per heavy atom. The smallest absolute Gasteiger partial charge is 0.270 e. The quantitative estimate of drug-likeness (QED) is 0.636. The monoisotopic (exact) mass is 345 g/mol. The molecule has 25 heavy (non-hydrogen) atoms. The molecule has 0 aliphatic heterocycles. The summed E-state index contributed by atoms with van der Waals surface area (Å²) in [4.78, 5) is 34.4. The molecule has 0 saturated carbocycles. The molecule has 1 heterocycles. The van der Waals surface area contributed by atoms with Gasteiger partial charge in [0.2, 0.25) is 0 Å². The third kappa shape index (κ3) is 4.43. The summed E-state index contributed by atoms with van der Waals surface area (Å²) < 4.78 is 6.99. The van der Waals surface area contributed by atoms with Crippen LogP contribution >= 0.6 is 0 Å². The second kappa shape index (κ2) is 7.61. The van der Waals surface area contributed by atoms with E-state index in [-0.39, 0.29) is 29.8 Å². The molecule has 0 spiro atoms. The Morgan fingerprint density at radius 1 is 1.32 bits per heavy atom. The van der Waals surface area contributed by atoms with Crippen molar-refractivity contribution in [2.75, 3.05) is 7.05 Å². The number of amides is 1. The van der Waals surface area contributed by atoms with Crippen molar-refractivity contribution < 1.29 is 14.5 Å². The second-order valence-electron chi connectivity index (χ2n) is 5.68. The molecule has 0 aliphatic carbocycles. The Balaban J connectivity index is 2.47. The van der Waals surface area contributed by atoms with Crippen LogP contribution < -0.4 is 15.6 Å². The number of carbonyl (C=O) groups excluding carboxylic acids is 1. The predicted molar refractivity (Wildman–Crippen MR) is 92.1 cm³/mol. The summed E-state index contributed by atoms with van der Waals surface area (Å²) in [7, 11) is 1.49. The molecule has 0 saturated heterocycles. The van der Waals surface area contributed by atoms with E-state index in [1.807, 2.05) is 13.8 Å². The third-order valence-electron chi connectivity index (χ3n) is 3.43. The molecule has 0 aliphatic rings. The van der Waals surface area contributed by atoms with E-state index in [0.29, 0.717) is 16.9 Å². The van der Waals surface area contributed by atoms with Gasteiger partial charge in [0.05, 0.1) is 23.1 Å². The van der Waals surface area contributed by atoms with E-state index in [1.54, 1.807) is 0 Å². The topological polar surface area (TPSA) is 103 Å². The van der Waals surface area contributed by atoms with E-state index >= 15 is 0 Å². The lowest BCUT2D eigenvalue weighted by Gasteiger charge is -2.15. The first-order valence-corrected chi connectivity index (χ1v) is 7.68. The van der Waals surface area contributed by atoms with Gasteiger partial charge in [0.1, 0.15) is 5.75 Å². The number of rotatable bonds is 6. The fraction of sp³-hybridized carbons (Fsp3) is 0.294. The molecule has 0 unspecified atom stereocenters. The van der Waals surface area contributed by atoms with Crippen molar-refractivity contribution in [2.24, 2.45) is 0 Å². The Bertz CT molecular complexity index is 858. The van der Waals surface area contributed by atoms with Gasteiger partial charge in [-0.05, 0) is 26.0 Å². The van der Waals surface area contributed by atoms with Crippen molar-refractivity contribution in [3.8, 4) is 5.75 Å². The Morgan fingerprint density at radius 2 is 2.04 bits per heavy atom. The Labute approximate surface area is 144 Å². The molecule has 0 atom stereocenters. The van der Waals surface area contributed by atoms with E-state index in [1.165, 1.54) is 48.1 Å². The van der Waals surface area contributed by atoms with Crippen LogP contribution in [0.3, 0.4) is 0 Å². The molecule has 1 aromatic carbocycles. The van der Waals surface area contributed by atoms with Gasteiger partial charge < -0.3 is 14.6 Å². The van der Waals surface area contributed by atoms with Crippen LogP contribution in [0.4, 0.5) is 5.69 Å². The van der Waals surface area contributed by atoms with Crippen molar-refractivity contribution in [3.63, 3.8) is 0 Å². The minimum atomic E-state index is -0.508. The van der Waals surface area contributed by atoms with Crippen LogP contribution in [0.5, 0.6) is 5.75 Å². The lowest BCUT2D eigenvalue weighted by Crippen LogP contribution is -2.24. The fourth-order valence-electron chi connectivity index (χ4n) is 2.29. The first-order chi connectivity index (χ1) is 11.8. The van der Waals surface area contributed by atoms with Crippen molar-refractivity contribution in [3.05, 3.63) is 68.1 Å². The van der Waals surface area contributed by atoms with Gasteiger partial charge in [0.25, 0.3) is 17.2 Å². The SMILES string of the molecule is CNC(=O)c1ccc(=O)n(Cc2cc([N+](=O)[O-])ccc2OC(C)C)c1. The number of aromatic nitrogens is 1. The lowest BCUT2D eigenvalue weighted by atomic mass is 10.1. The van der Waals surface area contributed by atoms with E-state index in [9.17, 15) is 19.7 Å². The Kier molecular flexibility index (Phi) is 5.53. The lowest BCUT2D eigenvalue weighted by molar-refractivity contribution is -0.384. The number of pyridine rings is 1. The van der Waals surface area contributed by atoms with E-state index < -0.39 is 4.92 Å². The Hall–Kier alpha value is -3.16. The van der Waals surface area contributed by atoms with Crippen LogP contribution in [0, 0.1) is 10.1 Å². The van der Waals surface area contributed by atoms with E-state index in [4.69, 9.17) is 4.74 Å². The minimum absolute atomic E-state index is 0.0490. The summed E-state index contributed by atoms with van der Waals surface area (Å²) in [5.41, 5.74) is 0.384. The fourth-order valence-corrected chi connectivity index (χ4v) is 2.29. The number of ether oxygens (including phenoxy) is 1. The van der Waals surface area contributed by atoms with Gasteiger partial charge in [-0.25, -0.2) is 0 Å². The molecule has 0 fully saturated rings. The normalized spacial score (nSPS) is 10.6. The minimum Gasteiger partial charge on any atom is -0.491 e. The van der Waals surface area contributed by atoms with Crippen LogP contribution in [-0.4, -0.2) is 28.5 Å². The molecule has 1 N–H and O–H groups in total. The average Bonchev–Trinajstić information content (AvgIpc) is 2.56. The largest absolute Gasteiger partial charge is 0.491 e. The van der Waals surface area contributed by atoms with Crippen LogP contribution in [0.15, 0.2) is 41.3 Å². The zero-order valence-corrected chi connectivity index (χ0v) is 14.2. The summed E-state index contributed by atoms with van der Waals surface area (Å²) in [6, 6.07) is 6.95. The van der Waals surface area contributed by atoms with Gasteiger partial charge >= 0.3 is 0 Å². The molecule has 0 bridgehead atoms. The maximum absolute atomic E-state index is 12.1. The maximum Gasteiger partial charge on any atom is 0.270 e. The summed E-state index contributed by atoms with van der Waals surface area (Å²) >= 11 is 0. The molecule has 2 aromatic rings. The molecular formula is C17H19N3O5. The van der Waals surface area contributed by atoms with Crippen LogP contribution in [0.2, 0.25) is 0 Å². The summed E-state index contributed by atoms with van der Waals surface area (Å²) in [5.74, 6) is 0.129. The molecule has 2 rings (SSSR count). The molecule has 0 radical (unpaired) electrons. The highest BCUT2D eigenvalue weighted by Gasteiger charge is 2.14. The van der Waals surface area contributed by atoms with E-state index in [0.717, 1.165) is 0 Å². The highest BCUT2D eigenvalue weighted by molar-refractivity contribution is 5.93.